The van der Waals surface area contributed by atoms with Crippen molar-refractivity contribution in [3.05, 3.63) is 77.3 Å². The Labute approximate surface area is 186 Å². The number of aromatic nitrogens is 2. The van der Waals surface area contributed by atoms with Crippen molar-refractivity contribution in [3.8, 4) is 5.69 Å². The Morgan fingerprint density at radius 2 is 1.87 bits per heavy atom. The van der Waals surface area contributed by atoms with E-state index in [4.69, 9.17) is 11.6 Å². The Morgan fingerprint density at radius 1 is 1.10 bits per heavy atom. The molecule has 1 amide bonds. The van der Waals surface area contributed by atoms with Crippen LogP contribution in [0.25, 0.3) is 5.69 Å². The van der Waals surface area contributed by atoms with E-state index in [1.54, 1.807) is 12.5 Å². The summed E-state index contributed by atoms with van der Waals surface area (Å²) in [6, 6.07) is 12.0. The smallest absolute Gasteiger partial charge is 0.251 e. The highest BCUT2D eigenvalue weighted by Crippen LogP contribution is 2.28. The molecular formula is C22H23ClN4O3S. The van der Waals surface area contributed by atoms with Crippen molar-refractivity contribution in [1.29, 1.82) is 0 Å². The summed E-state index contributed by atoms with van der Waals surface area (Å²) < 4.78 is 29.4. The first-order valence-corrected chi connectivity index (χ1v) is 11.9. The molecule has 2 aromatic carbocycles. The maximum Gasteiger partial charge on any atom is 0.251 e. The lowest BCUT2D eigenvalue weighted by molar-refractivity contribution is 0.0950. The van der Waals surface area contributed by atoms with E-state index in [1.807, 2.05) is 35.0 Å². The van der Waals surface area contributed by atoms with Crippen LogP contribution in [0.1, 0.15) is 35.2 Å². The average molecular weight is 459 g/mol. The van der Waals surface area contributed by atoms with Crippen molar-refractivity contribution in [1.82, 2.24) is 19.2 Å². The standard InChI is InChI=1S/C22H23ClN4O3S/c23-19-9-8-17(14-21(19)31(29,30)27-11-4-1-5-12-27)22(28)25-15-18-6-2-3-7-20(18)26-13-10-24-16-26/h2-3,6-10,13-14,16H,1,4-5,11-12,15H2,(H,25,28). The summed E-state index contributed by atoms with van der Waals surface area (Å²) in [6.07, 6.45) is 7.88. The molecule has 1 N–H and O–H groups in total. The van der Waals surface area contributed by atoms with Crippen LogP contribution in [0.4, 0.5) is 0 Å². The van der Waals surface area contributed by atoms with E-state index in [-0.39, 0.29) is 27.9 Å². The number of para-hydroxylation sites is 1. The molecule has 1 fully saturated rings. The van der Waals surface area contributed by atoms with Crippen LogP contribution in [0.5, 0.6) is 0 Å². The van der Waals surface area contributed by atoms with E-state index in [0.29, 0.717) is 13.1 Å². The Hall–Kier alpha value is -2.68. The third kappa shape index (κ3) is 4.66. The zero-order valence-electron chi connectivity index (χ0n) is 16.9. The van der Waals surface area contributed by atoms with Gasteiger partial charge in [-0.2, -0.15) is 4.31 Å². The van der Waals surface area contributed by atoms with E-state index in [0.717, 1.165) is 30.5 Å². The molecule has 0 aliphatic carbocycles. The molecule has 9 heteroatoms. The van der Waals surface area contributed by atoms with Gasteiger partial charge in [0.2, 0.25) is 10.0 Å². The number of nitrogens with zero attached hydrogens (tertiary/aromatic N) is 3. The van der Waals surface area contributed by atoms with Crippen molar-refractivity contribution < 1.29 is 13.2 Å². The van der Waals surface area contributed by atoms with Crippen LogP contribution in [0.15, 0.2) is 66.1 Å². The number of carbonyl (C=O) groups is 1. The van der Waals surface area contributed by atoms with Gasteiger partial charge in [0.25, 0.3) is 5.91 Å². The lowest BCUT2D eigenvalue weighted by Gasteiger charge is -2.26. The number of imidazole rings is 1. The Morgan fingerprint density at radius 3 is 2.61 bits per heavy atom. The van der Waals surface area contributed by atoms with Crippen LogP contribution in [-0.4, -0.2) is 41.3 Å². The van der Waals surface area contributed by atoms with Crippen molar-refractivity contribution in [2.45, 2.75) is 30.7 Å². The molecule has 3 aromatic rings. The first-order chi connectivity index (χ1) is 15.0. The quantitative estimate of drug-likeness (QED) is 0.611. The fraction of sp³-hybridized carbons (Fsp3) is 0.273. The van der Waals surface area contributed by atoms with Crippen molar-refractivity contribution in [2.75, 3.05) is 13.1 Å². The van der Waals surface area contributed by atoms with Gasteiger partial charge in [0.1, 0.15) is 4.90 Å². The van der Waals surface area contributed by atoms with Crippen LogP contribution < -0.4 is 5.32 Å². The summed E-state index contributed by atoms with van der Waals surface area (Å²) >= 11 is 6.21. The minimum atomic E-state index is -3.74. The van der Waals surface area contributed by atoms with Gasteiger partial charge in [0, 0.05) is 37.6 Å². The van der Waals surface area contributed by atoms with Crippen LogP contribution in [0.2, 0.25) is 5.02 Å². The Kier molecular flexibility index (Phi) is 6.41. The fourth-order valence-corrected chi connectivity index (χ4v) is 5.70. The molecule has 162 valence electrons. The number of nitrogens with one attached hydrogen (secondary N) is 1. The number of carbonyl (C=O) groups excluding carboxylic acids is 1. The van der Waals surface area contributed by atoms with Gasteiger partial charge < -0.3 is 9.88 Å². The number of sulfonamides is 1. The third-order valence-electron chi connectivity index (χ3n) is 5.34. The second kappa shape index (κ2) is 9.21. The van der Waals surface area contributed by atoms with E-state index in [9.17, 15) is 13.2 Å². The predicted octanol–water partition coefficient (Wildman–Crippen LogP) is 3.63. The van der Waals surface area contributed by atoms with Gasteiger partial charge in [0.05, 0.1) is 17.0 Å². The highest BCUT2D eigenvalue weighted by Gasteiger charge is 2.28. The zero-order valence-corrected chi connectivity index (χ0v) is 18.4. The zero-order chi connectivity index (χ0) is 21.8. The number of piperidine rings is 1. The molecule has 1 aliphatic heterocycles. The maximum atomic E-state index is 13.0. The number of rotatable bonds is 6. The monoisotopic (exact) mass is 458 g/mol. The normalized spacial score (nSPS) is 15.0. The summed E-state index contributed by atoms with van der Waals surface area (Å²) in [4.78, 5) is 16.8. The minimum absolute atomic E-state index is 0.0254. The highest BCUT2D eigenvalue weighted by molar-refractivity contribution is 7.89. The van der Waals surface area contributed by atoms with Crippen LogP contribution >= 0.6 is 11.6 Å². The molecule has 7 nitrogen and oxygen atoms in total. The van der Waals surface area contributed by atoms with Gasteiger partial charge in [-0.15, -0.1) is 0 Å². The van der Waals surface area contributed by atoms with Gasteiger partial charge in [-0.3, -0.25) is 4.79 Å². The highest BCUT2D eigenvalue weighted by atomic mass is 35.5. The van der Waals surface area contributed by atoms with E-state index < -0.39 is 10.0 Å². The van der Waals surface area contributed by atoms with E-state index >= 15 is 0 Å². The van der Waals surface area contributed by atoms with Gasteiger partial charge in [0.15, 0.2) is 0 Å². The first-order valence-electron chi connectivity index (χ1n) is 10.1. The minimum Gasteiger partial charge on any atom is -0.348 e. The summed E-state index contributed by atoms with van der Waals surface area (Å²) in [5.41, 5.74) is 2.06. The maximum absolute atomic E-state index is 13.0. The topological polar surface area (TPSA) is 84.3 Å². The van der Waals surface area contributed by atoms with E-state index in [2.05, 4.69) is 10.3 Å². The molecule has 0 bridgehead atoms. The lowest BCUT2D eigenvalue weighted by Crippen LogP contribution is -2.36. The molecule has 0 unspecified atom stereocenters. The molecular weight excluding hydrogens is 436 g/mol. The number of hydrogen-bond acceptors (Lipinski definition) is 4. The molecule has 0 saturated carbocycles. The number of amides is 1. The van der Waals surface area contributed by atoms with Gasteiger partial charge in [-0.25, -0.2) is 13.4 Å². The third-order valence-corrected chi connectivity index (χ3v) is 7.72. The van der Waals surface area contributed by atoms with Gasteiger partial charge in [-0.1, -0.05) is 36.2 Å². The summed E-state index contributed by atoms with van der Waals surface area (Å²) in [5, 5.41) is 2.99. The molecule has 1 aromatic heterocycles. The Balaban J connectivity index is 1.53. The van der Waals surface area contributed by atoms with Crippen molar-refractivity contribution in [2.24, 2.45) is 0 Å². The lowest BCUT2D eigenvalue weighted by atomic mass is 10.1. The summed E-state index contributed by atoms with van der Waals surface area (Å²) in [7, 11) is -3.74. The van der Waals surface area contributed by atoms with Gasteiger partial charge in [-0.05, 0) is 42.7 Å². The number of benzene rings is 2. The second-order valence-electron chi connectivity index (χ2n) is 7.39. The van der Waals surface area contributed by atoms with Crippen LogP contribution in [-0.2, 0) is 16.6 Å². The first kappa shape index (κ1) is 21.5. The predicted molar refractivity (Wildman–Crippen MR) is 119 cm³/mol. The molecule has 2 heterocycles. The average Bonchev–Trinajstić information content (AvgIpc) is 3.33. The molecule has 0 radical (unpaired) electrons. The molecule has 31 heavy (non-hydrogen) atoms. The largest absolute Gasteiger partial charge is 0.348 e. The van der Waals surface area contributed by atoms with E-state index in [1.165, 1.54) is 22.5 Å². The number of hydrogen-bond donors (Lipinski definition) is 1. The van der Waals surface area contributed by atoms with Crippen LogP contribution in [0.3, 0.4) is 0 Å². The van der Waals surface area contributed by atoms with Gasteiger partial charge >= 0.3 is 0 Å². The van der Waals surface area contributed by atoms with Crippen molar-refractivity contribution >= 4 is 27.5 Å². The molecule has 1 aliphatic rings. The van der Waals surface area contributed by atoms with Crippen molar-refractivity contribution in [3.63, 3.8) is 0 Å². The number of halogens is 1. The molecule has 0 atom stereocenters. The SMILES string of the molecule is O=C(NCc1ccccc1-n1ccnc1)c1ccc(Cl)c(S(=O)(=O)N2CCCCC2)c1. The molecule has 4 rings (SSSR count). The van der Waals surface area contributed by atoms with Crippen LogP contribution in [0, 0.1) is 0 Å². The molecule has 1 saturated heterocycles. The molecule has 0 spiro atoms. The second-order valence-corrected chi connectivity index (χ2v) is 9.70. The fourth-order valence-electron chi connectivity index (χ4n) is 3.68. The summed E-state index contributed by atoms with van der Waals surface area (Å²) in [5.74, 6) is -0.368. The Bertz CT molecular complexity index is 1170. The summed E-state index contributed by atoms with van der Waals surface area (Å²) in [6.45, 7) is 1.23.